The fraction of sp³-hybridized carbons (Fsp3) is 0.600. The first-order valence-electron chi connectivity index (χ1n) is 11.5. The van der Waals surface area contributed by atoms with Crippen LogP contribution in [0.5, 0.6) is 11.5 Å². The van der Waals surface area contributed by atoms with Crippen LogP contribution in [-0.4, -0.2) is 54.8 Å². The van der Waals surface area contributed by atoms with Gasteiger partial charge in [0.25, 0.3) is 0 Å². The van der Waals surface area contributed by atoms with Crippen molar-refractivity contribution in [3.05, 3.63) is 29.3 Å². The second kappa shape index (κ2) is 10.3. The number of rotatable bonds is 6. The smallest absolute Gasteiger partial charge is 0.407 e. The molecule has 1 aromatic carbocycles. The normalized spacial score (nSPS) is 18.9. The number of nitrogens with one attached hydrogen (secondary N) is 1. The molecule has 7 nitrogen and oxygen atoms in total. The fourth-order valence-electron chi connectivity index (χ4n) is 4.03. The van der Waals surface area contributed by atoms with Crippen molar-refractivity contribution in [3.63, 3.8) is 0 Å². The van der Waals surface area contributed by atoms with Crippen molar-refractivity contribution in [3.8, 4) is 11.5 Å². The minimum atomic E-state index is -0.503. The van der Waals surface area contributed by atoms with Crippen LogP contribution in [0.25, 0.3) is 6.08 Å². The summed E-state index contributed by atoms with van der Waals surface area (Å²) in [4.78, 5) is 26.4. The third-order valence-corrected chi connectivity index (χ3v) is 5.59. The van der Waals surface area contributed by atoms with Gasteiger partial charge in [-0.05, 0) is 71.6 Å². The highest BCUT2D eigenvalue weighted by atomic mass is 16.6. The first-order chi connectivity index (χ1) is 15.1. The number of carbonyl (C=O) groups is 2. The summed E-state index contributed by atoms with van der Waals surface area (Å²) in [6, 6.07) is 3.98. The molecular weight excluding hydrogens is 408 g/mol. The quantitative estimate of drug-likeness (QED) is 0.666. The Labute approximate surface area is 191 Å². The lowest BCUT2D eigenvalue weighted by molar-refractivity contribution is -0.127. The second-order valence-corrected chi connectivity index (χ2v) is 9.55. The van der Waals surface area contributed by atoms with Gasteiger partial charge in [-0.1, -0.05) is 0 Å². The number of amides is 2. The zero-order chi connectivity index (χ0) is 23.3. The lowest BCUT2D eigenvalue weighted by atomic mass is 9.96. The molecule has 0 aliphatic carbocycles. The predicted molar refractivity (Wildman–Crippen MR) is 124 cm³/mol. The van der Waals surface area contributed by atoms with Gasteiger partial charge in [-0.2, -0.15) is 0 Å². The van der Waals surface area contributed by atoms with Gasteiger partial charge < -0.3 is 24.4 Å². The molecule has 2 aliphatic rings. The third-order valence-electron chi connectivity index (χ3n) is 5.59. The van der Waals surface area contributed by atoms with Gasteiger partial charge in [0.15, 0.2) is 0 Å². The molecule has 3 rings (SSSR count). The Balaban J connectivity index is 1.52. The van der Waals surface area contributed by atoms with Gasteiger partial charge in [-0.15, -0.1) is 0 Å². The largest absolute Gasteiger partial charge is 0.493 e. The van der Waals surface area contributed by atoms with E-state index in [0.29, 0.717) is 32.2 Å². The molecule has 1 atom stereocenters. The summed E-state index contributed by atoms with van der Waals surface area (Å²) in [5, 5.41) is 2.84. The number of piperidine rings is 1. The molecule has 1 aromatic rings. The topological polar surface area (TPSA) is 77.1 Å². The van der Waals surface area contributed by atoms with Gasteiger partial charge in [0.2, 0.25) is 5.91 Å². The zero-order valence-corrected chi connectivity index (χ0v) is 19.9. The van der Waals surface area contributed by atoms with Crippen molar-refractivity contribution >= 4 is 18.1 Å². The number of likely N-dealkylation sites (tertiary alicyclic amines) is 1. The van der Waals surface area contributed by atoms with Gasteiger partial charge in [-0.25, -0.2) is 4.79 Å². The van der Waals surface area contributed by atoms with Crippen LogP contribution in [0, 0.1) is 5.92 Å². The number of alkyl carbamates (subject to hydrolysis) is 1. The molecular formula is C25H36N2O5. The average molecular weight is 445 g/mol. The molecule has 7 heteroatoms. The summed E-state index contributed by atoms with van der Waals surface area (Å²) in [6.07, 6.45) is 5.77. The summed E-state index contributed by atoms with van der Waals surface area (Å²) in [7, 11) is 0. The van der Waals surface area contributed by atoms with Gasteiger partial charge >= 0.3 is 6.09 Å². The molecule has 1 fully saturated rings. The Morgan fingerprint density at radius 1 is 1.25 bits per heavy atom. The third kappa shape index (κ3) is 6.65. The molecule has 2 aliphatic heterocycles. The number of hydrogen-bond donors (Lipinski definition) is 1. The fourth-order valence-corrected chi connectivity index (χ4v) is 4.03. The van der Waals surface area contributed by atoms with Gasteiger partial charge in [0.1, 0.15) is 23.2 Å². The molecule has 0 saturated carbocycles. The van der Waals surface area contributed by atoms with Crippen LogP contribution < -0.4 is 14.8 Å². The Bertz CT molecular complexity index is 851. The van der Waals surface area contributed by atoms with E-state index in [2.05, 4.69) is 5.32 Å². The van der Waals surface area contributed by atoms with Crippen LogP contribution >= 0.6 is 0 Å². The SMILES string of the molecule is CCOc1cc2c(cc1/C=C/C(=O)N1CCC(CNC(=O)OC(C)(C)C)CC1)OC(C)C2. The number of hydrogen-bond acceptors (Lipinski definition) is 5. The number of ether oxygens (including phenoxy) is 3. The predicted octanol–water partition coefficient (Wildman–Crippen LogP) is 4.19. The lowest BCUT2D eigenvalue weighted by Gasteiger charge is -2.31. The van der Waals surface area contributed by atoms with E-state index in [0.717, 1.165) is 41.9 Å². The molecule has 0 bridgehead atoms. The summed E-state index contributed by atoms with van der Waals surface area (Å²) >= 11 is 0. The molecule has 1 saturated heterocycles. The van der Waals surface area contributed by atoms with Crippen molar-refractivity contribution in [2.24, 2.45) is 5.92 Å². The molecule has 32 heavy (non-hydrogen) atoms. The zero-order valence-electron chi connectivity index (χ0n) is 19.9. The minimum absolute atomic E-state index is 0.0132. The molecule has 2 amide bonds. The molecule has 1 unspecified atom stereocenters. The molecule has 0 radical (unpaired) electrons. The van der Waals surface area contributed by atoms with E-state index in [4.69, 9.17) is 14.2 Å². The molecule has 0 aromatic heterocycles. The standard InChI is InChI=1S/C25H36N2O5/c1-6-30-21-15-20-13-17(2)31-22(20)14-19(21)7-8-23(28)27-11-9-18(10-12-27)16-26-24(29)32-25(3,4)5/h7-8,14-15,17-18H,6,9-13,16H2,1-5H3,(H,26,29)/b8-7+. The maximum absolute atomic E-state index is 12.7. The lowest BCUT2D eigenvalue weighted by Crippen LogP contribution is -2.41. The van der Waals surface area contributed by atoms with Gasteiger partial charge in [-0.3, -0.25) is 4.79 Å². The molecule has 1 N–H and O–H groups in total. The van der Waals surface area contributed by atoms with Crippen LogP contribution in [0.2, 0.25) is 0 Å². The maximum atomic E-state index is 12.7. The minimum Gasteiger partial charge on any atom is -0.493 e. The Morgan fingerprint density at radius 2 is 1.97 bits per heavy atom. The summed E-state index contributed by atoms with van der Waals surface area (Å²) in [5.41, 5.74) is 1.49. The van der Waals surface area contributed by atoms with Crippen LogP contribution in [0.3, 0.4) is 0 Å². The van der Waals surface area contributed by atoms with Crippen molar-refractivity contribution in [1.82, 2.24) is 10.2 Å². The average Bonchev–Trinajstić information content (AvgIpc) is 3.08. The maximum Gasteiger partial charge on any atom is 0.407 e. The van der Waals surface area contributed by atoms with Gasteiger partial charge in [0, 0.05) is 43.3 Å². The van der Waals surface area contributed by atoms with E-state index in [1.54, 1.807) is 6.08 Å². The van der Waals surface area contributed by atoms with E-state index >= 15 is 0 Å². The van der Waals surface area contributed by atoms with E-state index in [1.807, 2.05) is 57.7 Å². The Kier molecular flexibility index (Phi) is 7.69. The van der Waals surface area contributed by atoms with Crippen molar-refractivity contribution in [2.45, 2.75) is 65.6 Å². The molecule has 176 valence electrons. The Morgan fingerprint density at radius 3 is 2.62 bits per heavy atom. The summed E-state index contributed by atoms with van der Waals surface area (Å²) in [5.74, 6) is 1.98. The molecule has 2 heterocycles. The summed E-state index contributed by atoms with van der Waals surface area (Å²) in [6.45, 7) is 12.0. The van der Waals surface area contributed by atoms with E-state index in [-0.39, 0.29) is 12.0 Å². The van der Waals surface area contributed by atoms with Gasteiger partial charge in [0.05, 0.1) is 6.61 Å². The van der Waals surface area contributed by atoms with Crippen molar-refractivity contribution in [2.75, 3.05) is 26.2 Å². The van der Waals surface area contributed by atoms with Crippen LogP contribution in [-0.2, 0) is 16.0 Å². The van der Waals surface area contributed by atoms with Crippen molar-refractivity contribution in [1.29, 1.82) is 0 Å². The number of benzene rings is 1. The van der Waals surface area contributed by atoms with E-state index in [9.17, 15) is 9.59 Å². The molecule has 0 spiro atoms. The highest BCUT2D eigenvalue weighted by molar-refractivity contribution is 5.92. The van der Waals surface area contributed by atoms with Crippen molar-refractivity contribution < 1.29 is 23.8 Å². The van der Waals surface area contributed by atoms with Crippen LogP contribution in [0.15, 0.2) is 18.2 Å². The van der Waals surface area contributed by atoms with Crippen LogP contribution in [0.1, 0.15) is 58.6 Å². The highest BCUT2D eigenvalue weighted by Crippen LogP contribution is 2.35. The Hall–Kier alpha value is -2.70. The number of fused-ring (bicyclic) bond motifs is 1. The monoisotopic (exact) mass is 444 g/mol. The second-order valence-electron chi connectivity index (χ2n) is 9.55. The van der Waals surface area contributed by atoms with E-state index < -0.39 is 11.7 Å². The summed E-state index contributed by atoms with van der Waals surface area (Å²) < 4.78 is 16.9. The van der Waals surface area contributed by atoms with E-state index in [1.165, 1.54) is 0 Å². The van der Waals surface area contributed by atoms with Crippen LogP contribution in [0.4, 0.5) is 4.79 Å². The highest BCUT2D eigenvalue weighted by Gasteiger charge is 2.24. The first kappa shape index (κ1) is 24.0. The number of carbonyl (C=O) groups excluding carboxylic acids is 2. The number of nitrogens with zero attached hydrogens (tertiary/aromatic N) is 1. The first-order valence-corrected chi connectivity index (χ1v) is 11.5.